The van der Waals surface area contributed by atoms with Crippen LogP contribution in [-0.2, 0) is 7.05 Å². The van der Waals surface area contributed by atoms with E-state index in [1.807, 2.05) is 19.1 Å². The van der Waals surface area contributed by atoms with Crippen molar-refractivity contribution in [1.82, 2.24) is 9.55 Å². The van der Waals surface area contributed by atoms with Crippen LogP contribution in [0.3, 0.4) is 0 Å². The van der Waals surface area contributed by atoms with E-state index >= 15 is 0 Å². The molecule has 1 aliphatic carbocycles. The van der Waals surface area contributed by atoms with Crippen LogP contribution < -0.4 is 21.8 Å². The standard InChI is InChI=1S/C10H12N2O2/c1-6-3-4-8-7(5-6)9(13)12(2)10(14)11-8/h4-6H,3H2,1-2H3,(H,11,14). The number of aromatic nitrogens is 2. The van der Waals surface area contributed by atoms with Crippen molar-refractivity contribution in [2.75, 3.05) is 0 Å². The Hall–Kier alpha value is -1.58. The smallest absolute Gasteiger partial charge is 0.307 e. The van der Waals surface area contributed by atoms with Crippen molar-refractivity contribution in [1.29, 1.82) is 0 Å². The van der Waals surface area contributed by atoms with Gasteiger partial charge in [0.25, 0.3) is 5.56 Å². The first-order valence-corrected chi connectivity index (χ1v) is 4.61. The van der Waals surface area contributed by atoms with Gasteiger partial charge in [0.1, 0.15) is 0 Å². The average molecular weight is 192 g/mol. The largest absolute Gasteiger partial charge is 0.328 e. The molecule has 0 saturated carbocycles. The van der Waals surface area contributed by atoms with Crippen molar-refractivity contribution in [3.05, 3.63) is 31.4 Å². The van der Waals surface area contributed by atoms with Gasteiger partial charge in [-0.05, 0) is 12.3 Å². The number of hydrogen-bond acceptors (Lipinski definition) is 2. The van der Waals surface area contributed by atoms with Crippen molar-refractivity contribution in [2.45, 2.75) is 13.3 Å². The van der Waals surface area contributed by atoms with Gasteiger partial charge in [0, 0.05) is 7.05 Å². The molecule has 0 fully saturated rings. The summed E-state index contributed by atoms with van der Waals surface area (Å²) < 4.78 is 1.10. The first-order chi connectivity index (χ1) is 6.59. The molecule has 1 atom stereocenters. The highest BCUT2D eigenvalue weighted by atomic mass is 16.2. The Bertz CT molecular complexity index is 592. The molecule has 4 heteroatoms. The van der Waals surface area contributed by atoms with Crippen LogP contribution in [0.1, 0.15) is 13.3 Å². The summed E-state index contributed by atoms with van der Waals surface area (Å²) in [6.07, 6.45) is 4.69. The van der Waals surface area contributed by atoms with Crippen LogP contribution in [0, 0.1) is 5.92 Å². The van der Waals surface area contributed by atoms with Gasteiger partial charge in [-0.2, -0.15) is 0 Å². The topological polar surface area (TPSA) is 54.9 Å². The molecule has 0 saturated heterocycles. The molecule has 0 spiro atoms. The molecule has 74 valence electrons. The lowest BCUT2D eigenvalue weighted by Gasteiger charge is -2.07. The summed E-state index contributed by atoms with van der Waals surface area (Å²) in [6.45, 7) is 2.05. The Labute approximate surface area is 80.2 Å². The highest BCUT2D eigenvalue weighted by molar-refractivity contribution is 5.36. The van der Waals surface area contributed by atoms with Gasteiger partial charge in [0.05, 0.1) is 10.6 Å². The lowest BCUT2D eigenvalue weighted by Crippen LogP contribution is -2.53. The lowest BCUT2D eigenvalue weighted by atomic mass is 10.0. The number of hydrogen-bond donors (Lipinski definition) is 1. The van der Waals surface area contributed by atoms with Crippen LogP contribution in [0.5, 0.6) is 0 Å². The van der Waals surface area contributed by atoms with E-state index in [-0.39, 0.29) is 11.2 Å². The molecule has 1 heterocycles. The van der Waals surface area contributed by atoms with Crippen LogP contribution in [0.15, 0.2) is 9.59 Å². The molecule has 1 aromatic heterocycles. The van der Waals surface area contributed by atoms with Gasteiger partial charge in [-0.25, -0.2) is 4.79 Å². The predicted molar refractivity (Wildman–Crippen MR) is 54.3 cm³/mol. The molecule has 1 unspecified atom stereocenters. The summed E-state index contributed by atoms with van der Waals surface area (Å²) in [7, 11) is 1.48. The minimum Gasteiger partial charge on any atom is -0.307 e. The first-order valence-electron chi connectivity index (χ1n) is 4.61. The molecule has 4 nitrogen and oxygen atoms in total. The molecule has 2 rings (SSSR count). The van der Waals surface area contributed by atoms with Crippen molar-refractivity contribution < 1.29 is 0 Å². The van der Waals surface area contributed by atoms with Crippen LogP contribution in [0.25, 0.3) is 12.2 Å². The average Bonchev–Trinajstić information content (AvgIpc) is 2.16. The van der Waals surface area contributed by atoms with Crippen molar-refractivity contribution in [3.8, 4) is 0 Å². The Kier molecular flexibility index (Phi) is 1.91. The summed E-state index contributed by atoms with van der Waals surface area (Å²) in [5.41, 5.74) is -0.570. The van der Waals surface area contributed by atoms with E-state index in [4.69, 9.17) is 0 Å². The number of nitrogens with zero attached hydrogens (tertiary/aromatic N) is 1. The third-order valence-corrected chi connectivity index (χ3v) is 2.52. The predicted octanol–water partition coefficient (Wildman–Crippen LogP) is -1.33. The Balaban J connectivity index is 3.01. The fourth-order valence-electron chi connectivity index (χ4n) is 1.63. The van der Waals surface area contributed by atoms with Gasteiger partial charge in [-0.1, -0.05) is 19.1 Å². The molecular formula is C10H12N2O2. The van der Waals surface area contributed by atoms with Crippen molar-refractivity contribution >= 4 is 12.2 Å². The molecule has 1 aromatic rings. The lowest BCUT2D eigenvalue weighted by molar-refractivity contribution is 0.733. The molecule has 0 amide bonds. The second kappa shape index (κ2) is 2.97. The van der Waals surface area contributed by atoms with Gasteiger partial charge in [-0.15, -0.1) is 0 Å². The van der Waals surface area contributed by atoms with Crippen LogP contribution >= 0.6 is 0 Å². The Morgan fingerprint density at radius 3 is 2.93 bits per heavy atom. The van der Waals surface area contributed by atoms with Gasteiger partial charge in [-0.3, -0.25) is 9.36 Å². The molecule has 0 bridgehead atoms. The van der Waals surface area contributed by atoms with Gasteiger partial charge in [0.15, 0.2) is 0 Å². The van der Waals surface area contributed by atoms with Crippen LogP contribution in [0.4, 0.5) is 0 Å². The van der Waals surface area contributed by atoms with Gasteiger partial charge >= 0.3 is 5.69 Å². The van der Waals surface area contributed by atoms with Crippen molar-refractivity contribution in [2.24, 2.45) is 13.0 Å². The fourth-order valence-corrected chi connectivity index (χ4v) is 1.63. The zero-order chi connectivity index (χ0) is 10.3. The zero-order valence-electron chi connectivity index (χ0n) is 8.20. The van der Waals surface area contributed by atoms with E-state index in [1.54, 1.807) is 0 Å². The van der Waals surface area contributed by atoms with E-state index in [0.717, 1.165) is 11.0 Å². The molecule has 1 N–H and O–H groups in total. The molecular weight excluding hydrogens is 180 g/mol. The van der Waals surface area contributed by atoms with Crippen LogP contribution in [-0.4, -0.2) is 9.55 Å². The highest BCUT2D eigenvalue weighted by Gasteiger charge is 2.06. The summed E-state index contributed by atoms with van der Waals surface area (Å²) in [5.74, 6) is 0.362. The second-order valence-corrected chi connectivity index (χ2v) is 3.71. The number of H-pyrrole nitrogens is 1. The van der Waals surface area contributed by atoms with Crippen molar-refractivity contribution in [3.63, 3.8) is 0 Å². The third kappa shape index (κ3) is 1.23. The maximum atomic E-state index is 11.7. The van der Waals surface area contributed by atoms with Crippen LogP contribution in [0.2, 0.25) is 0 Å². The van der Waals surface area contributed by atoms with E-state index in [1.165, 1.54) is 7.05 Å². The van der Waals surface area contributed by atoms with E-state index < -0.39 is 0 Å². The Morgan fingerprint density at radius 2 is 2.21 bits per heavy atom. The second-order valence-electron chi connectivity index (χ2n) is 3.71. The minimum absolute atomic E-state index is 0.216. The molecule has 1 aliphatic rings. The molecule has 0 radical (unpaired) electrons. The number of fused-ring (bicyclic) bond motifs is 1. The SMILES string of the molecule is CC1C=c2c([nH]c(=O)n(C)c2=O)=CC1. The van der Waals surface area contributed by atoms with Gasteiger partial charge in [0.2, 0.25) is 0 Å². The van der Waals surface area contributed by atoms with E-state index in [0.29, 0.717) is 16.5 Å². The summed E-state index contributed by atoms with van der Waals surface area (Å²) in [4.78, 5) is 25.6. The summed E-state index contributed by atoms with van der Waals surface area (Å²) >= 11 is 0. The first kappa shape index (κ1) is 8.99. The number of rotatable bonds is 0. The quantitative estimate of drug-likeness (QED) is 0.554. The Morgan fingerprint density at radius 1 is 1.50 bits per heavy atom. The minimum atomic E-state index is -0.354. The van der Waals surface area contributed by atoms with E-state index in [2.05, 4.69) is 4.98 Å². The van der Waals surface area contributed by atoms with E-state index in [9.17, 15) is 9.59 Å². The summed E-state index contributed by atoms with van der Waals surface area (Å²) in [6, 6.07) is 0. The number of aromatic amines is 1. The normalized spacial score (nSPS) is 19.4. The molecule has 0 aromatic carbocycles. The maximum Gasteiger partial charge on any atom is 0.328 e. The third-order valence-electron chi connectivity index (χ3n) is 2.52. The summed E-state index contributed by atoms with van der Waals surface area (Å²) in [5, 5.41) is 1.28. The zero-order valence-corrected chi connectivity index (χ0v) is 8.20. The maximum absolute atomic E-state index is 11.7. The molecule has 0 aliphatic heterocycles. The number of nitrogens with one attached hydrogen (secondary N) is 1. The highest BCUT2D eigenvalue weighted by Crippen LogP contribution is 2.04. The fraction of sp³-hybridized carbons (Fsp3) is 0.400. The van der Waals surface area contributed by atoms with Gasteiger partial charge < -0.3 is 4.98 Å². The molecule has 14 heavy (non-hydrogen) atoms. The monoisotopic (exact) mass is 192 g/mol.